The minimum atomic E-state index is -3.86. The van der Waals surface area contributed by atoms with Crippen LogP contribution in [0.1, 0.15) is 87.8 Å². The fourth-order valence-electron chi connectivity index (χ4n) is 6.83. The van der Waals surface area contributed by atoms with E-state index in [0.29, 0.717) is 30.5 Å². The molecule has 13 heteroatoms. The van der Waals surface area contributed by atoms with Gasteiger partial charge in [0.15, 0.2) is 14.8 Å². The predicted molar refractivity (Wildman–Crippen MR) is 188 cm³/mol. The number of hydrogen-bond donors (Lipinski definition) is 4. The molecular weight excluding hydrogens is 651 g/mol. The summed E-state index contributed by atoms with van der Waals surface area (Å²) in [4.78, 5) is 47.2. The quantitative estimate of drug-likeness (QED) is 0.263. The van der Waals surface area contributed by atoms with E-state index >= 15 is 0 Å². The molecule has 2 aliphatic rings. The van der Waals surface area contributed by atoms with E-state index in [-0.39, 0.29) is 23.9 Å². The van der Waals surface area contributed by atoms with Gasteiger partial charge in [-0.15, -0.1) is 11.3 Å². The number of aliphatic hydroxyl groups excluding tert-OH is 1. The first-order valence-electron chi connectivity index (χ1n) is 16.9. The number of piperidine rings is 1. The van der Waals surface area contributed by atoms with Gasteiger partial charge in [0.2, 0.25) is 11.8 Å². The summed E-state index contributed by atoms with van der Waals surface area (Å²) >= 11 is 1.10. The van der Waals surface area contributed by atoms with Crippen LogP contribution in [0.5, 0.6) is 0 Å². The number of hydrogen-bond acceptors (Lipinski definition) is 9. The van der Waals surface area contributed by atoms with Gasteiger partial charge in [-0.25, -0.2) is 13.4 Å². The number of aromatic nitrogens is 1. The van der Waals surface area contributed by atoms with Gasteiger partial charge in [0, 0.05) is 36.0 Å². The van der Waals surface area contributed by atoms with Crippen molar-refractivity contribution in [1.29, 1.82) is 0 Å². The Morgan fingerprint density at radius 1 is 1.04 bits per heavy atom. The molecule has 48 heavy (non-hydrogen) atoms. The van der Waals surface area contributed by atoms with E-state index < -0.39 is 56.2 Å². The largest absolute Gasteiger partial charge is 0.390 e. The fourth-order valence-corrected chi connectivity index (χ4v) is 8.12. The Balaban J connectivity index is 1.62. The number of likely N-dealkylation sites (tertiary alicyclic amines) is 1. The number of fused-ring (bicyclic) bond motifs is 1. The summed E-state index contributed by atoms with van der Waals surface area (Å²) in [6.45, 7) is 11.2. The second kappa shape index (κ2) is 15.3. The molecule has 1 aliphatic heterocycles. The van der Waals surface area contributed by atoms with Crippen molar-refractivity contribution >= 4 is 38.9 Å². The van der Waals surface area contributed by atoms with Crippen molar-refractivity contribution in [3.05, 3.63) is 52.0 Å². The van der Waals surface area contributed by atoms with Gasteiger partial charge < -0.3 is 21.1 Å². The van der Waals surface area contributed by atoms with Crippen LogP contribution in [-0.4, -0.2) is 95.0 Å². The maximum atomic E-state index is 14.1. The average molecular weight is 704 g/mol. The zero-order chi connectivity index (χ0) is 35.4. The summed E-state index contributed by atoms with van der Waals surface area (Å²) in [7, 11) is -3.86. The molecule has 4 N–H and O–H groups in total. The predicted octanol–water partition coefficient (Wildman–Crippen LogP) is 3.26. The van der Waals surface area contributed by atoms with E-state index in [9.17, 15) is 27.9 Å². The Labute approximate surface area is 289 Å². The lowest BCUT2D eigenvalue weighted by molar-refractivity contribution is -0.133. The maximum absolute atomic E-state index is 14.1. The number of benzene rings is 1. The summed E-state index contributed by atoms with van der Waals surface area (Å²) in [5.41, 5.74) is 1.07. The number of aryl methyl sites for hydroxylation is 1. The molecule has 1 saturated carbocycles. The molecule has 4 rings (SSSR count). The molecule has 3 amide bonds. The van der Waals surface area contributed by atoms with Crippen molar-refractivity contribution in [3.63, 3.8) is 0 Å². The van der Waals surface area contributed by atoms with Gasteiger partial charge in [0.1, 0.15) is 6.04 Å². The third kappa shape index (κ3) is 9.64. The van der Waals surface area contributed by atoms with Crippen LogP contribution in [0.15, 0.2) is 35.7 Å². The molecule has 2 heterocycles. The summed E-state index contributed by atoms with van der Waals surface area (Å²) in [5, 5.41) is 22.4. The molecule has 1 aliphatic carbocycles. The highest BCUT2D eigenvalue weighted by molar-refractivity contribution is 7.92. The molecule has 1 aromatic heterocycles. The number of nitrogens with zero attached hydrogens (tertiary/aromatic N) is 2. The third-order valence-corrected chi connectivity index (χ3v) is 12.9. The number of aliphatic hydroxyl groups is 1. The normalized spacial score (nSPS) is 22.5. The van der Waals surface area contributed by atoms with Crippen molar-refractivity contribution in [2.75, 3.05) is 19.3 Å². The Morgan fingerprint density at radius 3 is 2.27 bits per heavy atom. The van der Waals surface area contributed by atoms with Crippen LogP contribution in [0.3, 0.4) is 0 Å². The monoisotopic (exact) mass is 703 g/mol. The number of carbonyl (C=O) groups excluding carboxylic acids is 3. The summed E-state index contributed by atoms with van der Waals surface area (Å²) < 4.78 is 24.2. The van der Waals surface area contributed by atoms with Gasteiger partial charge in [0.25, 0.3) is 5.91 Å². The van der Waals surface area contributed by atoms with E-state index in [2.05, 4.69) is 25.8 Å². The minimum Gasteiger partial charge on any atom is -0.390 e. The number of carbonyl (C=O) groups is 3. The fraction of sp³-hybridized carbons (Fsp3) is 0.657. The van der Waals surface area contributed by atoms with E-state index in [0.717, 1.165) is 48.8 Å². The Hall–Kier alpha value is -2.87. The van der Waals surface area contributed by atoms with Crippen LogP contribution < -0.4 is 16.0 Å². The molecule has 0 unspecified atom stereocenters. The third-order valence-electron chi connectivity index (χ3n) is 9.82. The van der Waals surface area contributed by atoms with Gasteiger partial charge >= 0.3 is 0 Å². The minimum absolute atomic E-state index is 0.0718. The number of thiazole rings is 1. The molecule has 11 nitrogen and oxygen atoms in total. The highest BCUT2D eigenvalue weighted by atomic mass is 32.2. The van der Waals surface area contributed by atoms with Crippen LogP contribution in [0.25, 0.3) is 0 Å². The molecule has 0 bridgehead atoms. The highest BCUT2D eigenvalue weighted by Gasteiger charge is 2.46. The smallest absolute Gasteiger partial charge is 0.280 e. The van der Waals surface area contributed by atoms with Gasteiger partial charge in [-0.3, -0.25) is 19.3 Å². The first-order chi connectivity index (χ1) is 22.4. The van der Waals surface area contributed by atoms with Crippen LogP contribution in [0.4, 0.5) is 0 Å². The Morgan fingerprint density at radius 2 is 1.69 bits per heavy atom. The molecule has 1 aromatic carbocycles. The number of amides is 3. The van der Waals surface area contributed by atoms with Gasteiger partial charge in [-0.1, -0.05) is 49.6 Å². The van der Waals surface area contributed by atoms with Crippen molar-refractivity contribution in [1.82, 2.24) is 25.8 Å². The van der Waals surface area contributed by atoms with E-state index in [1.807, 2.05) is 51.1 Å². The second-order valence-electron chi connectivity index (χ2n) is 15.2. The standard InChI is InChI=1S/C35H53N5O6S2/c1-22-21-47-33(36-22)32(44)38-29(35(5,6)48(7,45)46)31(43)37-26(17-23-13-9-8-10-14-23)28(41)20-40-19-25-16-12-11-15-24(25)18-27(40)30(42)39-34(2,3)4/h8-10,13-14,21,24-29,41H,11-12,15-20H2,1-7H3,(H,37,43)(H,38,44)(H,39,42)/t24-,25+,26-,27-,28+,29+/m0/s1. The molecule has 1 saturated heterocycles. The molecular formula is C35H53N5O6S2. The van der Waals surface area contributed by atoms with E-state index in [4.69, 9.17) is 0 Å². The van der Waals surface area contributed by atoms with Gasteiger partial charge in [0.05, 0.1) is 22.9 Å². The van der Waals surface area contributed by atoms with Crippen molar-refractivity contribution in [3.8, 4) is 0 Å². The summed E-state index contributed by atoms with van der Waals surface area (Å²) in [5.74, 6) is -0.589. The maximum Gasteiger partial charge on any atom is 0.280 e. The lowest BCUT2D eigenvalue weighted by Crippen LogP contribution is -2.64. The Bertz CT molecular complexity index is 1540. The molecule has 0 spiro atoms. The summed E-state index contributed by atoms with van der Waals surface area (Å²) in [6.07, 6.45) is 5.35. The van der Waals surface area contributed by atoms with Crippen molar-refractivity contribution in [2.45, 2.75) is 115 Å². The first-order valence-corrected chi connectivity index (χ1v) is 19.6. The number of rotatable bonds is 12. The molecule has 2 fully saturated rings. The van der Waals surface area contributed by atoms with Gasteiger partial charge in [-0.2, -0.15) is 0 Å². The van der Waals surface area contributed by atoms with Crippen LogP contribution >= 0.6 is 11.3 Å². The highest BCUT2D eigenvalue weighted by Crippen LogP contribution is 2.39. The van der Waals surface area contributed by atoms with Crippen molar-refractivity contribution < 1.29 is 27.9 Å². The molecule has 6 atom stereocenters. The number of sulfone groups is 1. The second-order valence-corrected chi connectivity index (χ2v) is 18.7. The zero-order valence-corrected chi connectivity index (χ0v) is 30.9. The van der Waals surface area contributed by atoms with E-state index in [1.54, 1.807) is 12.3 Å². The summed E-state index contributed by atoms with van der Waals surface area (Å²) in [6, 6.07) is 6.63. The zero-order valence-electron chi connectivity index (χ0n) is 29.3. The first kappa shape index (κ1) is 37.9. The lowest BCUT2D eigenvalue weighted by Gasteiger charge is -2.47. The topological polar surface area (TPSA) is 158 Å². The van der Waals surface area contributed by atoms with Crippen molar-refractivity contribution in [2.24, 2.45) is 11.8 Å². The van der Waals surface area contributed by atoms with Crippen LogP contribution in [-0.2, 0) is 25.8 Å². The van der Waals surface area contributed by atoms with Crippen LogP contribution in [0.2, 0.25) is 0 Å². The van der Waals surface area contributed by atoms with Gasteiger partial charge in [-0.05, 0) is 78.2 Å². The molecule has 2 aromatic rings. The van der Waals surface area contributed by atoms with Crippen LogP contribution in [0, 0.1) is 18.8 Å². The SMILES string of the molecule is Cc1csc(C(=O)N[C@H](C(=O)N[C@@H](Cc2ccccc2)[C@H](O)CN2C[C@H]3CCCC[C@H]3C[C@H]2C(=O)NC(C)(C)C)C(C)(C)S(C)(=O)=O)n1. The lowest BCUT2D eigenvalue weighted by atomic mass is 9.72. The Kier molecular flexibility index (Phi) is 12.1. The average Bonchev–Trinajstić information content (AvgIpc) is 3.44. The number of β-amino-alcohol motifs (C(OH)–C–C–N with tert-alkyl or cyclic N) is 1. The number of nitrogens with one attached hydrogen (secondary N) is 3. The van der Waals surface area contributed by atoms with E-state index in [1.165, 1.54) is 13.8 Å². The molecule has 0 radical (unpaired) electrons. The molecule has 266 valence electrons.